The van der Waals surface area contributed by atoms with Crippen LogP contribution in [0.15, 0.2) is 42.6 Å². The molecule has 0 saturated carbocycles. The van der Waals surface area contributed by atoms with E-state index in [0.29, 0.717) is 25.5 Å². The number of benzene rings is 1. The summed E-state index contributed by atoms with van der Waals surface area (Å²) in [6.45, 7) is 8.85. The maximum Gasteiger partial charge on any atom is 0.213 e. The zero-order chi connectivity index (χ0) is 21.6. The van der Waals surface area contributed by atoms with Gasteiger partial charge in [0.05, 0.1) is 23.4 Å². The second-order valence-electron chi connectivity index (χ2n) is 8.34. The van der Waals surface area contributed by atoms with Crippen molar-refractivity contribution >= 4 is 10.9 Å². The second kappa shape index (κ2) is 9.90. The van der Waals surface area contributed by atoms with Crippen molar-refractivity contribution in [2.45, 2.75) is 65.6 Å². The number of unbranched alkanes of at least 4 members (excludes halogenated alkanes) is 1. The lowest BCUT2D eigenvalue weighted by atomic mass is 10.00. The van der Waals surface area contributed by atoms with Crippen molar-refractivity contribution in [3.63, 3.8) is 0 Å². The van der Waals surface area contributed by atoms with Gasteiger partial charge in [-0.3, -0.25) is 0 Å². The molecule has 1 aromatic carbocycles. The third kappa shape index (κ3) is 5.92. The normalized spacial score (nSPS) is 11.6. The highest BCUT2D eigenvalue weighted by Crippen LogP contribution is 2.31. The minimum Gasteiger partial charge on any atom is -0.493 e. The average molecular weight is 409 g/mol. The summed E-state index contributed by atoms with van der Waals surface area (Å²) in [7, 11) is 0. The Balaban J connectivity index is 1.73. The Morgan fingerprint density at radius 3 is 2.57 bits per heavy atom. The molecule has 0 aliphatic heterocycles. The van der Waals surface area contributed by atoms with Gasteiger partial charge in [0, 0.05) is 23.2 Å². The Hall–Kier alpha value is -2.66. The van der Waals surface area contributed by atoms with E-state index in [2.05, 4.69) is 18.0 Å². The van der Waals surface area contributed by atoms with E-state index in [1.807, 2.05) is 51.1 Å². The number of ether oxygens (including phenoxy) is 2. The quantitative estimate of drug-likeness (QED) is 0.455. The fraction of sp³-hybridized carbons (Fsp3) is 0.440. The Morgan fingerprint density at radius 2 is 1.87 bits per heavy atom. The number of rotatable bonds is 10. The molecule has 5 nitrogen and oxygen atoms in total. The van der Waals surface area contributed by atoms with Crippen molar-refractivity contribution in [2.24, 2.45) is 0 Å². The number of hydrogen-bond acceptors (Lipinski definition) is 5. The molecular weight excluding hydrogens is 376 g/mol. The van der Waals surface area contributed by atoms with E-state index in [1.165, 1.54) is 0 Å². The second-order valence-corrected chi connectivity index (χ2v) is 8.34. The van der Waals surface area contributed by atoms with Crippen LogP contribution in [0.2, 0.25) is 0 Å². The maximum atomic E-state index is 9.87. The molecule has 0 aliphatic rings. The number of fused-ring (bicyclic) bond motifs is 1. The molecule has 3 rings (SSSR count). The zero-order valence-electron chi connectivity index (χ0n) is 18.4. The molecule has 0 atom stereocenters. The van der Waals surface area contributed by atoms with Crippen LogP contribution in [0.3, 0.4) is 0 Å². The number of aliphatic hydroxyl groups is 1. The molecule has 0 aliphatic carbocycles. The Bertz CT molecular complexity index is 963. The first kappa shape index (κ1) is 22.0. The molecule has 0 radical (unpaired) electrons. The number of pyridine rings is 2. The molecule has 2 aromatic heterocycles. The van der Waals surface area contributed by atoms with E-state index in [1.54, 1.807) is 6.20 Å². The largest absolute Gasteiger partial charge is 0.493 e. The minimum absolute atomic E-state index is 0.330. The molecule has 0 bridgehead atoms. The highest BCUT2D eigenvalue weighted by molar-refractivity contribution is 5.86. The third-order valence-electron chi connectivity index (χ3n) is 5.10. The van der Waals surface area contributed by atoms with Crippen LogP contribution in [0, 0.1) is 6.92 Å². The predicted octanol–water partition coefficient (Wildman–Crippen LogP) is 5.40. The van der Waals surface area contributed by atoms with E-state index >= 15 is 0 Å². The Morgan fingerprint density at radius 1 is 1.07 bits per heavy atom. The van der Waals surface area contributed by atoms with Crippen LogP contribution in [0.25, 0.3) is 10.9 Å². The standard InChI is InChI=1S/C25H32N2O3/c1-5-6-15-29-24-18(2)22(27-21-10-8-7-9-20(21)24)17-30-23-12-11-19(16-26-23)13-14-25(3,4)28/h7-12,16,28H,5-6,13-15,17H2,1-4H3. The highest BCUT2D eigenvalue weighted by Gasteiger charge is 2.14. The molecule has 0 spiro atoms. The fourth-order valence-electron chi connectivity index (χ4n) is 3.21. The maximum absolute atomic E-state index is 9.87. The summed E-state index contributed by atoms with van der Waals surface area (Å²) in [6.07, 6.45) is 5.39. The molecule has 30 heavy (non-hydrogen) atoms. The molecule has 0 saturated heterocycles. The topological polar surface area (TPSA) is 64.5 Å². The van der Waals surface area contributed by atoms with Gasteiger partial charge in [0.2, 0.25) is 5.88 Å². The van der Waals surface area contributed by atoms with Gasteiger partial charge in [0.15, 0.2) is 0 Å². The molecule has 0 amide bonds. The minimum atomic E-state index is -0.675. The molecule has 5 heteroatoms. The van der Waals surface area contributed by atoms with Crippen LogP contribution in [0.4, 0.5) is 0 Å². The first-order chi connectivity index (χ1) is 14.4. The van der Waals surface area contributed by atoms with Gasteiger partial charge in [0.1, 0.15) is 12.4 Å². The van der Waals surface area contributed by atoms with Crippen LogP contribution in [-0.2, 0) is 13.0 Å². The van der Waals surface area contributed by atoms with E-state index in [0.717, 1.165) is 52.7 Å². The van der Waals surface area contributed by atoms with Crippen molar-refractivity contribution in [1.29, 1.82) is 0 Å². The van der Waals surface area contributed by atoms with Crippen molar-refractivity contribution < 1.29 is 14.6 Å². The first-order valence-electron chi connectivity index (χ1n) is 10.7. The summed E-state index contributed by atoms with van der Waals surface area (Å²) in [5, 5.41) is 10.9. The van der Waals surface area contributed by atoms with E-state index < -0.39 is 5.60 Å². The molecule has 3 aromatic rings. The molecular formula is C25H32N2O3. The summed E-state index contributed by atoms with van der Waals surface area (Å²) >= 11 is 0. The summed E-state index contributed by atoms with van der Waals surface area (Å²) in [4.78, 5) is 9.20. The van der Waals surface area contributed by atoms with Crippen LogP contribution in [0.1, 0.15) is 56.9 Å². The Labute approximate surface area is 179 Å². The lowest BCUT2D eigenvalue weighted by Gasteiger charge is -2.17. The SMILES string of the molecule is CCCCOc1c(C)c(COc2ccc(CCC(C)(C)O)cn2)nc2ccccc12. The van der Waals surface area contributed by atoms with Crippen molar-refractivity contribution in [2.75, 3.05) is 6.61 Å². The van der Waals surface area contributed by atoms with Crippen molar-refractivity contribution in [3.05, 3.63) is 59.4 Å². The van der Waals surface area contributed by atoms with Crippen molar-refractivity contribution in [3.8, 4) is 11.6 Å². The van der Waals surface area contributed by atoms with E-state index in [4.69, 9.17) is 14.5 Å². The monoisotopic (exact) mass is 408 g/mol. The van der Waals surface area contributed by atoms with Crippen LogP contribution >= 0.6 is 0 Å². The van der Waals surface area contributed by atoms with Gasteiger partial charge in [-0.2, -0.15) is 0 Å². The van der Waals surface area contributed by atoms with Gasteiger partial charge in [-0.15, -0.1) is 0 Å². The summed E-state index contributed by atoms with van der Waals surface area (Å²) < 4.78 is 12.0. The number of nitrogens with zero attached hydrogens (tertiary/aromatic N) is 2. The third-order valence-corrected chi connectivity index (χ3v) is 5.10. The predicted molar refractivity (Wildman–Crippen MR) is 120 cm³/mol. The van der Waals surface area contributed by atoms with Gasteiger partial charge >= 0.3 is 0 Å². The highest BCUT2D eigenvalue weighted by atomic mass is 16.5. The van der Waals surface area contributed by atoms with Gasteiger partial charge in [0.25, 0.3) is 0 Å². The Kier molecular flexibility index (Phi) is 7.27. The first-order valence-corrected chi connectivity index (χ1v) is 10.7. The number of hydrogen-bond donors (Lipinski definition) is 1. The van der Waals surface area contributed by atoms with Crippen LogP contribution in [-0.4, -0.2) is 27.3 Å². The smallest absolute Gasteiger partial charge is 0.213 e. The van der Waals surface area contributed by atoms with Gasteiger partial charge in [-0.1, -0.05) is 31.5 Å². The molecule has 0 unspecified atom stereocenters. The lowest BCUT2D eigenvalue weighted by molar-refractivity contribution is 0.0714. The van der Waals surface area contributed by atoms with Gasteiger partial charge < -0.3 is 14.6 Å². The lowest BCUT2D eigenvalue weighted by Crippen LogP contribution is -2.19. The fourth-order valence-corrected chi connectivity index (χ4v) is 3.21. The number of aromatic nitrogens is 2. The average Bonchev–Trinajstić information content (AvgIpc) is 2.73. The van der Waals surface area contributed by atoms with Gasteiger partial charge in [-0.05, 0) is 57.7 Å². The van der Waals surface area contributed by atoms with Crippen molar-refractivity contribution in [1.82, 2.24) is 9.97 Å². The molecule has 0 fully saturated rings. The number of para-hydroxylation sites is 1. The summed E-state index contributed by atoms with van der Waals surface area (Å²) in [5.74, 6) is 1.45. The van der Waals surface area contributed by atoms with E-state index in [-0.39, 0.29) is 0 Å². The molecule has 160 valence electrons. The van der Waals surface area contributed by atoms with Gasteiger partial charge in [-0.25, -0.2) is 9.97 Å². The van der Waals surface area contributed by atoms with E-state index in [9.17, 15) is 5.11 Å². The van der Waals surface area contributed by atoms with Crippen LogP contribution in [0.5, 0.6) is 11.6 Å². The number of aryl methyl sites for hydroxylation is 1. The summed E-state index contributed by atoms with van der Waals surface area (Å²) in [6, 6.07) is 11.9. The summed E-state index contributed by atoms with van der Waals surface area (Å²) in [5.41, 5.74) is 3.17. The molecule has 2 heterocycles. The molecule has 1 N–H and O–H groups in total. The zero-order valence-corrected chi connectivity index (χ0v) is 18.4. The van der Waals surface area contributed by atoms with Crippen LogP contribution < -0.4 is 9.47 Å².